The van der Waals surface area contributed by atoms with E-state index in [0.717, 1.165) is 0 Å². The predicted octanol–water partition coefficient (Wildman–Crippen LogP) is 0.323. The van der Waals surface area contributed by atoms with Gasteiger partial charge < -0.3 is 10.4 Å². The summed E-state index contributed by atoms with van der Waals surface area (Å²) in [7, 11) is -3.41. The Bertz CT molecular complexity index is 417. The van der Waals surface area contributed by atoms with Crippen molar-refractivity contribution in [3.8, 4) is 0 Å². The summed E-state index contributed by atoms with van der Waals surface area (Å²) in [6.07, 6.45) is 2.45. The minimum absolute atomic E-state index is 0.0105. The first-order valence-corrected chi connectivity index (χ1v) is 7.84. The molecule has 1 rings (SSSR count). The minimum atomic E-state index is -3.41. The van der Waals surface area contributed by atoms with E-state index in [1.807, 2.05) is 0 Å². The van der Waals surface area contributed by atoms with Crippen molar-refractivity contribution >= 4 is 21.7 Å². The van der Waals surface area contributed by atoms with Crippen LogP contribution in [0.25, 0.3) is 0 Å². The molecule has 2 atom stereocenters. The Labute approximate surface area is 107 Å². The molecule has 0 aliphatic carbocycles. The van der Waals surface area contributed by atoms with Crippen LogP contribution >= 0.6 is 0 Å². The van der Waals surface area contributed by atoms with Crippen LogP contribution in [0.15, 0.2) is 0 Å². The van der Waals surface area contributed by atoms with E-state index in [-0.39, 0.29) is 12.2 Å². The molecule has 1 aliphatic heterocycles. The lowest BCUT2D eigenvalue weighted by atomic mass is 10.1. The van der Waals surface area contributed by atoms with Crippen LogP contribution in [0.2, 0.25) is 0 Å². The van der Waals surface area contributed by atoms with Crippen LogP contribution < -0.4 is 5.32 Å². The van der Waals surface area contributed by atoms with E-state index in [2.05, 4.69) is 5.32 Å². The number of carbonyl (C=O) groups excluding carboxylic acids is 1. The van der Waals surface area contributed by atoms with E-state index in [4.69, 9.17) is 5.11 Å². The molecule has 0 radical (unpaired) electrons. The highest BCUT2D eigenvalue weighted by Gasteiger charge is 2.36. The number of carboxylic acids is 1. The molecule has 18 heavy (non-hydrogen) atoms. The fraction of sp³-hybridized carbons (Fsp3) is 0.818. The van der Waals surface area contributed by atoms with Crippen LogP contribution in [0.3, 0.4) is 0 Å². The first kappa shape index (κ1) is 14.9. The summed E-state index contributed by atoms with van der Waals surface area (Å²) in [6.45, 7) is 1.81. The van der Waals surface area contributed by atoms with Gasteiger partial charge in [0.25, 0.3) is 0 Å². The monoisotopic (exact) mass is 277 g/mol. The topological polar surface area (TPSA) is 101 Å². The lowest BCUT2D eigenvalue weighted by Gasteiger charge is -2.23. The maximum atomic E-state index is 11.8. The van der Waals surface area contributed by atoms with Gasteiger partial charge in [-0.1, -0.05) is 19.8 Å². The second kappa shape index (κ2) is 6.17. The summed E-state index contributed by atoms with van der Waals surface area (Å²) in [5, 5.41) is 10.2. The Kier molecular flexibility index (Phi) is 5.13. The highest BCUT2D eigenvalue weighted by molar-refractivity contribution is 7.92. The number of hydrogen-bond acceptors (Lipinski definition) is 4. The number of amides is 1. The molecule has 0 saturated carbocycles. The molecule has 1 amide bonds. The Balaban J connectivity index is 2.71. The van der Waals surface area contributed by atoms with Gasteiger partial charge in [-0.2, -0.15) is 0 Å². The molecule has 2 N–H and O–H groups in total. The standard InChI is InChI=1S/C11H19NO5S/c1-2-5-8(11(14)15)12-10(13)9-6-3-4-7-18(9,16)17/h8-9H,2-7H2,1H3,(H,12,13)(H,14,15)/t8-,9?/m1/s1. The molecule has 1 heterocycles. The van der Waals surface area contributed by atoms with Crippen molar-refractivity contribution in [2.45, 2.75) is 50.3 Å². The molecule has 0 aromatic heterocycles. The van der Waals surface area contributed by atoms with Crippen molar-refractivity contribution in [3.63, 3.8) is 0 Å². The number of carbonyl (C=O) groups is 2. The largest absolute Gasteiger partial charge is 0.480 e. The average Bonchev–Trinajstić information content (AvgIpc) is 2.27. The van der Waals surface area contributed by atoms with E-state index >= 15 is 0 Å². The van der Waals surface area contributed by atoms with Crippen molar-refractivity contribution < 1.29 is 23.1 Å². The van der Waals surface area contributed by atoms with Gasteiger partial charge in [-0.05, 0) is 19.3 Å². The van der Waals surface area contributed by atoms with Crippen LogP contribution in [0.1, 0.15) is 39.0 Å². The third kappa shape index (κ3) is 3.69. The number of aliphatic carboxylic acids is 1. The van der Waals surface area contributed by atoms with E-state index in [9.17, 15) is 18.0 Å². The number of hydrogen-bond donors (Lipinski definition) is 2. The van der Waals surface area contributed by atoms with Crippen LogP contribution in [0.5, 0.6) is 0 Å². The zero-order valence-electron chi connectivity index (χ0n) is 10.4. The Morgan fingerprint density at radius 2 is 2.06 bits per heavy atom. The number of carboxylic acid groups (broad SMARTS) is 1. The summed E-state index contributed by atoms with van der Waals surface area (Å²) in [6, 6.07) is -1.00. The van der Waals surface area contributed by atoms with Crippen LogP contribution in [0.4, 0.5) is 0 Å². The minimum Gasteiger partial charge on any atom is -0.480 e. The van der Waals surface area contributed by atoms with Crippen molar-refractivity contribution in [1.82, 2.24) is 5.32 Å². The van der Waals surface area contributed by atoms with E-state index in [0.29, 0.717) is 25.7 Å². The second-order valence-corrected chi connectivity index (χ2v) is 6.84. The second-order valence-electron chi connectivity index (χ2n) is 4.54. The molecular weight excluding hydrogens is 258 g/mol. The van der Waals surface area contributed by atoms with Gasteiger partial charge >= 0.3 is 5.97 Å². The fourth-order valence-electron chi connectivity index (χ4n) is 2.06. The molecule has 104 valence electrons. The van der Waals surface area contributed by atoms with Gasteiger partial charge in [0.2, 0.25) is 5.91 Å². The Morgan fingerprint density at radius 3 is 2.56 bits per heavy atom. The van der Waals surface area contributed by atoms with Crippen molar-refractivity contribution in [3.05, 3.63) is 0 Å². The summed E-state index contributed by atoms with van der Waals surface area (Å²) in [5.41, 5.74) is 0. The molecular formula is C11H19NO5S. The fourth-order valence-corrected chi connectivity index (χ4v) is 3.87. The number of nitrogens with one attached hydrogen (secondary N) is 1. The Hall–Kier alpha value is -1.11. The highest BCUT2D eigenvalue weighted by atomic mass is 32.2. The predicted molar refractivity (Wildman–Crippen MR) is 65.9 cm³/mol. The quantitative estimate of drug-likeness (QED) is 0.754. The first-order chi connectivity index (χ1) is 8.38. The van der Waals surface area contributed by atoms with E-state index < -0.39 is 33.0 Å². The van der Waals surface area contributed by atoms with Gasteiger partial charge in [0, 0.05) is 0 Å². The smallest absolute Gasteiger partial charge is 0.326 e. The van der Waals surface area contributed by atoms with Gasteiger partial charge in [-0.3, -0.25) is 4.79 Å². The number of sulfone groups is 1. The molecule has 1 fully saturated rings. The van der Waals surface area contributed by atoms with Gasteiger partial charge in [-0.25, -0.2) is 13.2 Å². The zero-order valence-corrected chi connectivity index (χ0v) is 11.2. The summed E-state index contributed by atoms with van der Waals surface area (Å²) in [5.74, 6) is -1.79. The maximum absolute atomic E-state index is 11.8. The summed E-state index contributed by atoms with van der Waals surface area (Å²) in [4.78, 5) is 22.8. The van der Waals surface area contributed by atoms with Crippen LogP contribution in [-0.4, -0.2) is 42.4 Å². The molecule has 7 heteroatoms. The van der Waals surface area contributed by atoms with Gasteiger partial charge in [-0.15, -0.1) is 0 Å². The highest BCUT2D eigenvalue weighted by Crippen LogP contribution is 2.19. The van der Waals surface area contributed by atoms with Crippen molar-refractivity contribution in [1.29, 1.82) is 0 Å². The number of rotatable bonds is 5. The first-order valence-electron chi connectivity index (χ1n) is 6.13. The maximum Gasteiger partial charge on any atom is 0.326 e. The lowest BCUT2D eigenvalue weighted by Crippen LogP contribution is -2.49. The molecule has 0 bridgehead atoms. The SMILES string of the molecule is CCC[C@@H](NC(=O)C1CCCCS1(=O)=O)C(=O)O. The van der Waals surface area contributed by atoms with Gasteiger partial charge in [0.05, 0.1) is 5.75 Å². The van der Waals surface area contributed by atoms with E-state index in [1.165, 1.54) is 0 Å². The zero-order chi connectivity index (χ0) is 13.8. The Morgan fingerprint density at radius 1 is 1.39 bits per heavy atom. The van der Waals surface area contributed by atoms with Crippen LogP contribution in [0, 0.1) is 0 Å². The van der Waals surface area contributed by atoms with E-state index in [1.54, 1.807) is 6.92 Å². The normalized spacial score (nSPS) is 24.2. The average molecular weight is 277 g/mol. The molecule has 1 saturated heterocycles. The summed E-state index contributed by atoms with van der Waals surface area (Å²) >= 11 is 0. The molecule has 0 spiro atoms. The van der Waals surface area contributed by atoms with Gasteiger partial charge in [0.1, 0.15) is 11.3 Å². The summed E-state index contributed by atoms with van der Waals surface area (Å²) < 4.78 is 23.4. The van der Waals surface area contributed by atoms with Gasteiger partial charge in [0.15, 0.2) is 9.84 Å². The third-order valence-electron chi connectivity index (χ3n) is 3.06. The molecule has 0 aromatic rings. The van der Waals surface area contributed by atoms with Crippen molar-refractivity contribution in [2.75, 3.05) is 5.75 Å². The third-order valence-corrected chi connectivity index (χ3v) is 5.24. The molecule has 6 nitrogen and oxygen atoms in total. The van der Waals surface area contributed by atoms with Crippen LogP contribution in [-0.2, 0) is 19.4 Å². The van der Waals surface area contributed by atoms with Crippen molar-refractivity contribution in [2.24, 2.45) is 0 Å². The molecule has 1 aliphatic rings. The molecule has 0 aromatic carbocycles. The lowest BCUT2D eigenvalue weighted by molar-refractivity contribution is -0.142. The molecule has 1 unspecified atom stereocenters.